The summed E-state index contributed by atoms with van der Waals surface area (Å²) in [5, 5.41) is 0. The number of hydrogen-bond acceptors (Lipinski definition) is 1. The van der Waals surface area contributed by atoms with Crippen molar-refractivity contribution in [3.05, 3.63) is 0 Å². The van der Waals surface area contributed by atoms with Gasteiger partial charge in [0.15, 0.2) is 0 Å². The van der Waals surface area contributed by atoms with E-state index in [0.717, 1.165) is 5.92 Å². The van der Waals surface area contributed by atoms with E-state index in [4.69, 9.17) is 5.73 Å². The molecule has 0 spiro atoms. The largest absolute Gasteiger partial charge is 0.325 e. The third kappa shape index (κ3) is 0.873. The number of hydrogen-bond donors (Lipinski definition) is 1. The van der Waals surface area contributed by atoms with Crippen LogP contribution in [0.15, 0.2) is 0 Å². The summed E-state index contributed by atoms with van der Waals surface area (Å²) in [6.07, 6.45) is 3.87. The van der Waals surface area contributed by atoms with Crippen LogP contribution in [-0.4, -0.2) is 5.54 Å². The summed E-state index contributed by atoms with van der Waals surface area (Å²) < 4.78 is 0. The summed E-state index contributed by atoms with van der Waals surface area (Å²) in [6, 6.07) is 0. The van der Waals surface area contributed by atoms with Gasteiger partial charge in [-0.25, -0.2) is 0 Å². The lowest BCUT2D eigenvalue weighted by atomic mass is 9.92. The molecule has 1 fully saturated rings. The van der Waals surface area contributed by atoms with Crippen LogP contribution in [0.4, 0.5) is 0 Å². The molecule has 0 radical (unpaired) electrons. The molecule has 2 N–H and O–H groups in total. The van der Waals surface area contributed by atoms with E-state index >= 15 is 0 Å². The summed E-state index contributed by atoms with van der Waals surface area (Å²) in [5.41, 5.74) is 6.07. The standard InChI is InChI=1S/C7H15N/c1-6-4-3-5-7(6,2)8/h6H,3-5,8H2,1-2H3/t6-,7?/m1/s1. The Balaban J connectivity index is 2.54. The van der Waals surface area contributed by atoms with E-state index in [-0.39, 0.29) is 5.54 Å². The molecule has 48 valence electrons. The van der Waals surface area contributed by atoms with Crippen LogP contribution in [0.2, 0.25) is 0 Å². The van der Waals surface area contributed by atoms with Gasteiger partial charge >= 0.3 is 0 Å². The molecule has 1 saturated carbocycles. The van der Waals surface area contributed by atoms with Gasteiger partial charge in [-0.05, 0) is 25.7 Å². The van der Waals surface area contributed by atoms with E-state index in [0.29, 0.717) is 0 Å². The fraction of sp³-hybridized carbons (Fsp3) is 1.00. The van der Waals surface area contributed by atoms with Crippen LogP contribution in [0, 0.1) is 5.92 Å². The molecule has 2 atom stereocenters. The van der Waals surface area contributed by atoms with Crippen molar-refractivity contribution < 1.29 is 0 Å². The molecule has 1 rings (SSSR count). The first-order valence-electron chi connectivity index (χ1n) is 3.42. The highest BCUT2D eigenvalue weighted by molar-refractivity contribution is 4.89. The van der Waals surface area contributed by atoms with Gasteiger partial charge in [-0.3, -0.25) is 0 Å². The van der Waals surface area contributed by atoms with E-state index < -0.39 is 0 Å². The molecule has 0 aromatic carbocycles. The van der Waals surface area contributed by atoms with E-state index in [1.807, 2.05) is 0 Å². The smallest absolute Gasteiger partial charge is 0.0151 e. The first kappa shape index (κ1) is 6.09. The van der Waals surface area contributed by atoms with Crippen molar-refractivity contribution in [2.45, 2.75) is 38.6 Å². The highest BCUT2D eigenvalue weighted by Gasteiger charge is 2.30. The minimum atomic E-state index is 0.153. The Morgan fingerprint density at radius 1 is 1.62 bits per heavy atom. The molecule has 0 aromatic heterocycles. The third-order valence-electron chi connectivity index (χ3n) is 2.48. The van der Waals surface area contributed by atoms with Crippen molar-refractivity contribution in [3.8, 4) is 0 Å². The Bertz CT molecular complexity index is 86.4. The molecule has 0 bridgehead atoms. The van der Waals surface area contributed by atoms with Crippen molar-refractivity contribution >= 4 is 0 Å². The Labute approximate surface area is 51.3 Å². The van der Waals surface area contributed by atoms with Crippen molar-refractivity contribution in [3.63, 3.8) is 0 Å². The summed E-state index contributed by atoms with van der Waals surface area (Å²) in [4.78, 5) is 0. The van der Waals surface area contributed by atoms with Crippen molar-refractivity contribution in [2.24, 2.45) is 11.7 Å². The van der Waals surface area contributed by atoms with Crippen molar-refractivity contribution in [1.29, 1.82) is 0 Å². The summed E-state index contributed by atoms with van der Waals surface area (Å²) >= 11 is 0. The molecule has 1 aliphatic carbocycles. The Kier molecular flexibility index (Phi) is 1.31. The molecular formula is C7H15N. The second-order valence-corrected chi connectivity index (χ2v) is 3.30. The maximum Gasteiger partial charge on any atom is 0.0151 e. The van der Waals surface area contributed by atoms with Crippen molar-refractivity contribution in [1.82, 2.24) is 0 Å². The van der Waals surface area contributed by atoms with E-state index in [1.165, 1.54) is 19.3 Å². The van der Waals surface area contributed by atoms with Gasteiger partial charge < -0.3 is 5.73 Å². The highest BCUT2D eigenvalue weighted by atomic mass is 14.7. The lowest BCUT2D eigenvalue weighted by Crippen LogP contribution is -2.38. The molecule has 1 heteroatoms. The summed E-state index contributed by atoms with van der Waals surface area (Å²) in [7, 11) is 0. The maximum absolute atomic E-state index is 5.92. The molecule has 0 aliphatic heterocycles. The molecule has 1 aliphatic rings. The zero-order valence-corrected chi connectivity index (χ0v) is 5.78. The number of rotatable bonds is 0. The molecule has 1 nitrogen and oxygen atoms in total. The minimum absolute atomic E-state index is 0.153. The maximum atomic E-state index is 5.92. The number of nitrogens with two attached hydrogens (primary N) is 1. The van der Waals surface area contributed by atoms with Gasteiger partial charge in [-0.15, -0.1) is 0 Å². The van der Waals surface area contributed by atoms with Crippen molar-refractivity contribution in [2.75, 3.05) is 0 Å². The van der Waals surface area contributed by atoms with Crippen LogP contribution in [0.5, 0.6) is 0 Å². The Morgan fingerprint density at radius 2 is 2.25 bits per heavy atom. The quantitative estimate of drug-likeness (QED) is 0.506. The van der Waals surface area contributed by atoms with Crippen LogP contribution in [0.1, 0.15) is 33.1 Å². The van der Waals surface area contributed by atoms with Gasteiger partial charge in [0.1, 0.15) is 0 Å². The third-order valence-corrected chi connectivity index (χ3v) is 2.48. The SMILES string of the molecule is C[C@@H]1CCCC1(C)N. The topological polar surface area (TPSA) is 26.0 Å². The van der Waals surface area contributed by atoms with Crippen LogP contribution in [0.25, 0.3) is 0 Å². The first-order chi connectivity index (χ1) is 3.63. The van der Waals surface area contributed by atoms with E-state index in [1.54, 1.807) is 0 Å². The van der Waals surface area contributed by atoms with Gasteiger partial charge in [0.05, 0.1) is 0 Å². The lowest BCUT2D eigenvalue weighted by Gasteiger charge is -2.22. The fourth-order valence-corrected chi connectivity index (χ4v) is 1.37. The zero-order chi connectivity index (χ0) is 6.20. The van der Waals surface area contributed by atoms with Gasteiger partial charge in [-0.1, -0.05) is 13.3 Å². The van der Waals surface area contributed by atoms with Gasteiger partial charge in [0, 0.05) is 5.54 Å². The van der Waals surface area contributed by atoms with Crippen LogP contribution in [-0.2, 0) is 0 Å². The summed E-state index contributed by atoms with van der Waals surface area (Å²) in [5.74, 6) is 0.738. The molecular weight excluding hydrogens is 98.1 g/mol. The summed E-state index contributed by atoms with van der Waals surface area (Å²) in [6.45, 7) is 4.40. The first-order valence-corrected chi connectivity index (χ1v) is 3.42. The predicted octanol–water partition coefficient (Wildman–Crippen LogP) is 1.52. The van der Waals surface area contributed by atoms with E-state index in [2.05, 4.69) is 13.8 Å². The molecule has 8 heavy (non-hydrogen) atoms. The van der Waals surface area contributed by atoms with Gasteiger partial charge in [0.2, 0.25) is 0 Å². The molecule has 1 unspecified atom stereocenters. The second-order valence-electron chi connectivity index (χ2n) is 3.30. The van der Waals surface area contributed by atoms with E-state index in [9.17, 15) is 0 Å². The Hall–Kier alpha value is -0.0400. The molecule has 0 saturated heterocycles. The van der Waals surface area contributed by atoms with Gasteiger partial charge in [-0.2, -0.15) is 0 Å². The van der Waals surface area contributed by atoms with Crippen LogP contribution < -0.4 is 5.73 Å². The van der Waals surface area contributed by atoms with Gasteiger partial charge in [0.25, 0.3) is 0 Å². The lowest BCUT2D eigenvalue weighted by molar-refractivity contribution is 0.373. The Morgan fingerprint density at radius 3 is 2.38 bits per heavy atom. The van der Waals surface area contributed by atoms with Crippen LogP contribution >= 0.6 is 0 Å². The predicted molar refractivity (Wildman–Crippen MR) is 35.6 cm³/mol. The average Bonchev–Trinajstić information content (AvgIpc) is 1.86. The molecule has 0 amide bonds. The highest BCUT2D eigenvalue weighted by Crippen LogP contribution is 2.32. The fourth-order valence-electron chi connectivity index (χ4n) is 1.37. The van der Waals surface area contributed by atoms with Crippen LogP contribution in [0.3, 0.4) is 0 Å². The second kappa shape index (κ2) is 1.73. The molecule has 0 aromatic rings. The monoisotopic (exact) mass is 113 g/mol. The minimum Gasteiger partial charge on any atom is -0.325 e. The zero-order valence-electron chi connectivity index (χ0n) is 5.78. The average molecular weight is 113 g/mol. The normalized spacial score (nSPS) is 47.6. The molecule has 0 heterocycles.